The van der Waals surface area contributed by atoms with Gasteiger partial charge in [0, 0.05) is 25.6 Å². The number of hydrogen-bond donors (Lipinski definition) is 1. The van der Waals surface area contributed by atoms with Crippen molar-refractivity contribution < 1.29 is 4.74 Å². The van der Waals surface area contributed by atoms with Crippen LogP contribution in [0.2, 0.25) is 0 Å². The van der Waals surface area contributed by atoms with Crippen LogP contribution in [0.1, 0.15) is 30.8 Å². The summed E-state index contributed by atoms with van der Waals surface area (Å²) in [7, 11) is 3.52. The maximum absolute atomic E-state index is 5.30. The molecule has 0 radical (unpaired) electrons. The molecule has 2 aromatic rings. The monoisotopic (exact) mass is 261 g/mol. The van der Waals surface area contributed by atoms with Gasteiger partial charge in [0.25, 0.3) is 0 Å². The van der Waals surface area contributed by atoms with Crippen molar-refractivity contribution in [2.75, 3.05) is 13.7 Å². The van der Waals surface area contributed by atoms with E-state index in [9.17, 15) is 0 Å². The number of aryl methyl sites for hydroxylation is 1. The van der Waals surface area contributed by atoms with E-state index in [0.29, 0.717) is 5.88 Å². The van der Waals surface area contributed by atoms with E-state index in [1.807, 2.05) is 17.8 Å². The maximum Gasteiger partial charge on any atom is 0.237 e. The first-order chi connectivity index (χ1) is 9.27. The van der Waals surface area contributed by atoms with Gasteiger partial charge in [-0.2, -0.15) is 5.10 Å². The maximum atomic E-state index is 5.30. The minimum absolute atomic E-state index is 0.0731. The first-order valence-electron chi connectivity index (χ1n) is 6.34. The molecule has 102 valence electrons. The summed E-state index contributed by atoms with van der Waals surface area (Å²) in [4.78, 5) is 8.62. The van der Waals surface area contributed by atoms with Gasteiger partial charge in [0.15, 0.2) is 0 Å². The Bertz CT molecular complexity index is 525. The Morgan fingerprint density at radius 3 is 2.74 bits per heavy atom. The Labute approximate surface area is 112 Å². The van der Waals surface area contributed by atoms with Crippen LogP contribution in [0.4, 0.5) is 0 Å². The third-order valence-corrected chi connectivity index (χ3v) is 2.91. The Morgan fingerprint density at radius 2 is 2.11 bits per heavy atom. The highest BCUT2D eigenvalue weighted by Gasteiger charge is 2.22. The molecule has 6 nitrogen and oxygen atoms in total. The molecule has 0 saturated heterocycles. The predicted octanol–water partition coefficient (Wildman–Crippen LogP) is 1.31. The van der Waals surface area contributed by atoms with Gasteiger partial charge in [0.2, 0.25) is 5.88 Å². The zero-order valence-electron chi connectivity index (χ0n) is 11.5. The molecule has 0 amide bonds. The standard InChI is InChI=1S/C13H19N5O/c1-4-6-14-11(10-5-7-17-18(10)2)12-13(19-3)16-9-8-15-12/h5,7-9,11,14H,4,6H2,1-3H3. The van der Waals surface area contributed by atoms with Crippen LogP contribution < -0.4 is 10.1 Å². The van der Waals surface area contributed by atoms with E-state index >= 15 is 0 Å². The highest BCUT2D eigenvalue weighted by molar-refractivity contribution is 5.29. The van der Waals surface area contributed by atoms with Gasteiger partial charge in [-0.05, 0) is 19.0 Å². The van der Waals surface area contributed by atoms with E-state index in [-0.39, 0.29) is 6.04 Å². The largest absolute Gasteiger partial charge is 0.480 e. The minimum Gasteiger partial charge on any atom is -0.480 e. The highest BCUT2D eigenvalue weighted by atomic mass is 16.5. The summed E-state index contributed by atoms with van der Waals surface area (Å²) < 4.78 is 7.14. The number of nitrogens with one attached hydrogen (secondary N) is 1. The van der Waals surface area contributed by atoms with Crippen LogP contribution in [0.15, 0.2) is 24.7 Å². The number of hydrogen-bond acceptors (Lipinski definition) is 5. The smallest absolute Gasteiger partial charge is 0.237 e. The normalized spacial score (nSPS) is 12.4. The molecule has 0 aliphatic heterocycles. The fraction of sp³-hybridized carbons (Fsp3) is 0.462. The van der Waals surface area contributed by atoms with Gasteiger partial charge in [0.1, 0.15) is 5.69 Å². The number of rotatable bonds is 6. The van der Waals surface area contributed by atoms with E-state index in [4.69, 9.17) is 4.74 Å². The molecule has 2 heterocycles. The van der Waals surface area contributed by atoms with Crippen molar-refractivity contribution in [2.45, 2.75) is 19.4 Å². The molecule has 1 N–H and O–H groups in total. The van der Waals surface area contributed by atoms with Gasteiger partial charge in [-0.1, -0.05) is 6.92 Å². The molecule has 0 saturated carbocycles. The second-order valence-corrected chi connectivity index (χ2v) is 4.22. The number of methoxy groups -OCH3 is 1. The lowest BCUT2D eigenvalue weighted by Crippen LogP contribution is -2.26. The van der Waals surface area contributed by atoms with Gasteiger partial charge in [-0.15, -0.1) is 0 Å². The summed E-state index contributed by atoms with van der Waals surface area (Å²) in [5.74, 6) is 0.539. The molecular weight excluding hydrogens is 242 g/mol. The number of aromatic nitrogens is 4. The summed E-state index contributed by atoms with van der Waals surface area (Å²) in [6, 6.07) is 1.90. The van der Waals surface area contributed by atoms with Crippen molar-refractivity contribution in [1.82, 2.24) is 25.1 Å². The molecule has 19 heavy (non-hydrogen) atoms. The van der Waals surface area contributed by atoms with Crippen LogP contribution in [0.5, 0.6) is 5.88 Å². The summed E-state index contributed by atoms with van der Waals surface area (Å²) in [5.41, 5.74) is 1.81. The zero-order chi connectivity index (χ0) is 13.7. The quantitative estimate of drug-likeness (QED) is 0.849. The topological polar surface area (TPSA) is 64.9 Å². The first-order valence-corrected chi connectivity index (χ1v) is 6.34. The van der Waals surface area contributed by atoms with E-state index in [2.05, 4.69) is 27.3 Å². The molecule has 0 aliphatic rings. The van der Waals surface area contributed by atoms with Gasteiger partial charge in [0.05, 0.1) is 18.8 Å². The molecule has 0 spiro atoms. The third-order valence-electron chi connectivity index (χ3n) is 2.91. The van der Waals surface area contributed by atoms with Gasteiger partial charge >= 0.3 is 0 Å². The molecule has 0 bridgehead atoms. The Balaban J connectivity index is 2.40. The molecule has 1 unspecified atom stereocenters. The lowest BCUT2D eigenvalue weighted by Gasteiger charge is -2.19. The summed E-state index contributed by atoms with van der Waals surface area (Å²) in [5, 5.41) is 7.67. The molecule has 2 aromatic heterocycles. The van der Waals surface area contributed by atoms with Gasteiger partial charge in [-0.25, -0.2) is 4.98 Å². The lowest BCUT2D eigenvalue weighted by molar-refractivity contribution is 0.380. The molecule has 2 rings (SSSR count). The van der Waals surface area contributed by atoms with E-state index < -0.39 is 0 Å². The fourth-order valence-electron chi connectivity index (χ4n) is 1.99. The summed E-state index contributed by atoms with van der Waals surface area (Å²) >= 11 is 0. The average Bonchev–Trinajstić information content (AvgIpc) is 2.86. The van der Waals surface area contributed by atoms with E-state index in [1.54, 1.807) is 25.7 Å². The van der Waals surface area contributed by atoms with Crippen LogP contribution in [0, 0.1) is 0 Å². The van der Waals surface area contributed by atoms with Crippen molar-refractivity contribution in [3.05, 3.63) is 36.0 Å². The molecule has 0 aromatic carbocycles. The van der Waals surface area contributed by atoms with E-state index in [1.165, 1.54) is 0 Å². The van der Waals surface area contributed by atoms with Crippen molar-refractivity contribution in [2.24, 2.45) is 7.05 Å². The molecule has 1 atom stereocenters. The lowest BCUT2D eigenvalue weighted by atomic mass is 10.1. The highest BCUT2D eigenvalue weighted by Crippen LogP contribution is 2.25. The van der Waals surface area contributed by atoms with Gasteiger partial charge in [-0.3, -0.25) is 9.67 Å². The SMILES string of the molecule is CCCNC(c1nccnc1OC)c1ccnn1C. The zero-order valence-corrected chi connectivity index (χ0v) is 11.5. The van der Waals surface area contributed by atoms with Crippen LogP contribution in [-0.4, -0.2) is 33.4 Å². The third kappa shape index (κ3) is 2.90. The van der Waals surface area contributed by atoms with Crippen LogP contribution >= 0.6 is 0 Å². The van der Waals surface area contributed by atoms with Gasteiger partial charge < -0.3 is 10.1 Å². The Morgan fingerprint density at radius 1 is 1.32 bits per heavy atom. The summed E-state index contributed by atoms with van der Waals surface area (Å²) in [6.45, 7) is 3.01. The second kappa shape index (κ2) is 6.29. The van der Waals surface area contributed by atoms with Crippen LogP contribution in [0.3, 0.4) is 0 Å². The van der Waals surface area contributed by atoms with Crippen molar-refractivity contribution in [3.8, 4) is 5.88 Å². The van der Waals surface area contributed by atoms with Crippen molar-refractivity contribution in [3.63, 3.8) is 0 Å². The van der Waals surface area contributed by atoms with Crippen molar-refractivity contribution >= 4 is 0 Å². The predicted molar refractivity (Wildman–Crippen MR) is 71.9 cm³/mol. The Hall–Kier alpha value is -1.95. The molecule has 6 heteroatoms. The van der Waals surface area contributed by atoms with Crippen LogP contribution in [0.25, 0.3) is 0 Å². The molecule has 0 aliphatic carbocycles. The second-order valence-electron chi connectivity index (χ2n) is 4.22. The van der Waals surface area contributed by atoms with Crippen molar-refractivity contribution in [1.29, 1.82) is 0 Å². The molecular formula is C13H19N5O. The number of ether oxygens (including phenoxy) is 1. The fourth-order valence-corrected chi connectivity index (χ4v) is 1.99. The Kier molecular flexibility index (Phi) is 4.46. The first kappa shape index (κ1) is 13.5. The number of nitrogens with zero attached hydrogens (tertiary/aromatic N) is 4. The molecule has 0 fully saturated rings. The van der Waals surface area contributed by atoms with Crippen LogP contribution in [-0.2, 0) is 7.05 Å². The summed E-state index contributed by atoms with van der Waals surface area (Å²) in [6.07, 6.45) is 6.12. The van der Waals surface area contributed by atoms with E-state index in [0.717, 1.165) is 24.4 Å². The average molecular weight is 261 g/mol. The minimum atomic E-state index is -0.0731.